The number of ether oxygens (including phenoxy) is 2. The van der Waals surface area contributed by atoms with E-state index in [4.69, 9.17) is 9.47 Å². The number of carbonyl (C=O) groups is 2. The zero-order valence-electron chi connectivity index (χ0n) is 10.7. The monoisotopic (exact) mass is 254 g/mol. The van der Waals surface area contributed by atoms with E-state index < -0.39 is 12.2 Å². The molecule has 4 bridgehead atoms. The number of carbonyl (C=O) groups excluding carboxylic acids is 2. The quantitative estimate of drug-likeness (QED) is 0.659. The van der Waals surface area contributed by atoms with Gasteiger partial charge in [-0.3, -0.25) is 0 Å². The first kappa shape index (κ1) is 11.6. The van der Waals surface area contributed by atoms with Crippen molar-refractivity contribution >= 4 is 12.2 Å². The molecule has 0 aromatic heterocycles. The van der Waals surface area contributed by atoms with E-state index in [1.165, 1.54) is 24.2 Å². The van der Waals surface area contributed by atoms with Gasteiger partial charge < -0.3 is 9.47 Å². The average Bonchev–Trinajstić information content (AvgIpc) is 2.44. The van der Waals surface area contributed by atoms with E-state index in [9.17, 15) is 9.59 Å². The lowest BCUT2D eigenvalue weighted by Crippen LogP contribution is -2.72. The van der Waals surface area contributed by atoms with E-state index in [2.05, 4.69) is 0 Å². The van der Waals surface area contributed by atoms with E-state index >= 15 is 0 Å². The number of rotatable bonds is 0. The first-order valence-corrected chi connectivity index (χ1v) is 6.41. The number of nitrogens with zero attached hydrogens (tertiary/aromatic N) is 2. The Labute approximate surface area is 106 Å². The Morgan fingerprint density at radius 3 is 1.56 bits per heavy atom. The van der Waals surface area contributed by atoms with Crippen LogP contribution in [0.5, 0.6) is 0 Å². The van der Waals surface area contributed by atoms with Crippen LogP contribution in [0.3, 0.4) is 0 Å². The highest BCUT2D eigenvalue weighted by Gasteiger charge is 2.57. The van der Waals surface area contributed by atoms with Crippen LogP contribution in [-0.2, 0) is 9.47 Å². The number of hydrogen-bond donors (Lipinski definition) is 0. The predicted octanol–water partition coefficient (Wildman–Crippen LogP) is 1.61. The van der Waals surface area contributed by atoms with Crippen molar-refractivity contribution in [2.24, 2.45) is 11.8 Å². The molecule has 0 aromatic carbocycles. The maximum absolute atomic E-state index is 11.9. The van der Waals surface area contributed by atoms with Crippen LogP contribution < -0.4 is 0 Å². The highest BCUT2D eigenvalue weighted by molar-refractivity contribution is 5.75. The topological polar surface area (TPSA) is 59.1 Å². The van der Waals surface area contributed by atoms with Crippen LogP contribution in [0.2, 0.25) is 0 Å². The molecule has 4 unspecified atom stereocenters. The molecule has 4 atom stereocenters. The fourth-order valence-corrected chi connectivity index (χ4v) is 3.92. The van der Waals surface area contributed by atoms with Crippen molar-refractivity contribution in [1.82, 2.24) is 10.0 Å². The first-order chi connectivity index (χ1) is 8.67. The minimum absolute atomic E-state index is 0.0975. The second kappa shape index (κ2) is 4.03. The molecule has 3 aliphatic carbocycles. The molecular weight excluding hydrogens is 236 g/mol. The van der Waals surface area contributed by atoms with Gasteiger partial charge in [0.25, 0.3) is 0 Å². The summed E-state index contributed by atoms with van der Waals surface area (Å²) in [5.74, 6) is 1.00. The summed E-state index contributed by atoms with van der Waals surface area (Å²) in [6.07, 6.45) is 3.35. The summed E-state index contributed by atoms with van der Waals surface area (Å²) in [5, 5.41) is 2.97. The van der Waals surface area contributed by atoms with E-state index in [-0.39, 0.29) is 12.1 Å². The van der Waals surface area contributed by atoms with Crippen LogP contribution in [0.25, 0.3) is 0 Å². The highest BCUT2D eigenvalue weighted by atomic mass is 16.6. The Hall–Kier alpha value is -1.46. The molecule has 0 N–H and O–H groups in total. The molecule has 0 spiro atoms. The van der Waals surface area contributed by atoms with Gasteiger partial charge in [-0.1, -0.05) is 0 Å². The van der Waals surface area contributed by atoms with Crippen LogP contribution in [0.1, 0.15) is 25.7 Å². The molecule has 100 valence electrons. The second-order valence-corrected chi connectivity index (χ2v) is 5.33. The molecule has 2 heterocycles. The molecule has 5 aliphatic rings. The Kier molecular flexibility index (Phi) is 2.60. The Balaban J connectivity index is 1.94. The molecule has 3 saturated carbocycles. The lowest BCUT2D eigenvalue weighted by Gasteiger charge is -2.61. The molecule has 2 aliphatic heterocycles. The van der Waals surface area contributed by atoms with Crippen molar-refractivity contribution in [1.29, 1.82) is 0 Å². The summed E-state index contributed by atoms with van der Waals surface area (Å²) in [5.41, 5.74) is 0. The lowest BCUT2D eigenvalue weighted by molar-refractivity contribution is -0.182. The van der Waals surface area contributed by atoms with Crippen LogP contribution >= 0.6 is 0 Å². The van der Waals surface area contributed by atoms with Crippen LogP contribution in [0, 0.1) is 11.8 Å². The fourth-order valence-electron chi connectivity index (χ4n) is 3.92. The number of methoxy groups -OCH3 is 2. The van der Waals surface area contributed by atoms with Crippen molar-refractivity contribution in [3.8, 4) is 0 Å². The van der Waals surface area contributed by atoms with E-state index in [1.54, 1.807) is 0 Å². The molecule has 18 heavy (non-hydrogen) atoms. The zero-order valence-corrected chi connectivity index (χ0v) is 10.7. The third-order valence-corrected chi connectivity index (χ3v) is 4.67. The maximum atomic E-state index is 11.9. The summed E-state index contributed by atoms with van der Waals surface area (Å²) in [4.78, 5) is 23.8. The summed E-state index contributed by atoms with van der Waals surface area (Å²) in [6.45, 7) is 0. The SMILES string of the molecule is COC(=O)N1C2CC3CCC2CC3N1C(=O)OC. The standard InChI is InChI=1S/C12H18N2O4/c1-17-11(15)13-9-5-8-4-3-7(9)6-10(8)14(13)12(16)18-2/h7-10H,3-6H2,1-2H3. The fraction of sp³-hybridized carbons (Fsp3) is 0.833. The van der Waals surface area contributed by atoms with Crippen LogP contribution in [0.15, 0.2) is 0 Å². The minimum Gasteiger partial charge on any atom is -0.452 e. The molecule has 0 aromatic rings. The number of fused-ring (bicyclic) bond motifs is 2. The molecule has 5 fully saturated rings. The van der Waals surface area contributed by atoms with Gasteiger partial charge in [0.1, 0.15) is 0 Å². The number of amides is 2. The van der Waals surface area contributed by atoms with E-state index in [0.29, 0.717) is 11.8 Å². The molecule has 2 saturated heterocycles. The first-order valence-electron chi connectivity index (χ1n) is 6.41. The summed E-state index contributed by atoms with van der Waals surface area (Å²) in [6, 6.07) is 0.195. The van der Waals surface area contributed by atoms with Gasteiger partial charge in [0.15, 0.2) is 0 Å². The zero-order chi connectivity index (χ0) is 12.9. The highest BCUT2D eigenvalue weighted by Crippen LogP contribution is 2.51. The molecular formula is C12H18N2O4. The third-order valence-electron chi connectivity index (χ3n) is 4.67. The Morgan fingerprint density at radius 1 is 0.889 bits per heavy atom. The molecule has 5 rings (SSSR count). The minimum atomic E-state index is -0.458. The van der Waals surface area contributed by atoms with Gasteiger partial charge >= 0.3 is 12.2 Å². The van der Waals surface area contributed by atoms with Gasteiger partial charge in [-0.15, -0.1) is 0 Å². The van der Waals surface area contributed by atoms with Crippen LogP contribution in [-0.4, -0.2) is 48.5 Å². The summed E-state index contributed by atoms with van der Waals surface area (Å²) >= 11 is 0. The summed E-state index contributed by atoms with van der Waals surface area (Å²) < 4.78 is 9.62. The van der Waals surface area contributed by atoms with Gasteiger partial charge in [0, 0.05) is 0 Å². The van der Waals surface area contributed by atoms with Gasteiger partial charge in [0.2, 0.25) is 0 Å². The normalized spacial score (nSPS) is 36.8. The van der Waals surface area contributed by atoms with E-state index in [1.807, 2.05) is 0 Å². The van der Waals surface area contributed by atoms with Crippen molar-refractivity contribution in [3.05, 3.63) is 0 Å². The van der Waals surface area contributed by atoms with E-state index in [0.717, 1.165) is 25.7 Å². The third kappa shape index (κ3) is 1.41. The summed E-state index contributed by atoms with van der Waals surface area (Å²) in [7, 11) is 2.69. The van der Waals surface area contributed by atoms with Gasteiger partial charge in [0.05, 0.1) is 26.3 Å². The van der Waals surface area contributed by atoms with Gasteiger partial charge in [-0.2, -0.15) is 0 Å². The maximum Gasteiger partial charge on any atom is 0.428 e. The largest absolute Gasteiger partial charge is 0.452 e. The number of hydrazine groups is 1. The van der Waals surface area contributed by atoms with Crippen molar-refractivity contribution in [2.45, 2.75) is 37.8 Å². The van der Waals surface area contributed by atoms with Crippen molar-refractivity contribution in [3.63, 3.8) is 0 Å². The van der Waals surface area contributed by atoms with Gasteiger partial charge in [-0.25, -0.2) is 19.6 Å². The predicted molar refractivity (Wildman–Crippen MR) is 61.5 cm³/mol. The lowest BCUT2D eigenvalue weighted by atomic mass is 9.63. The van der Waals surface area contributed by atoms with Crippen molar-refractivity contribution in [2.75, 3.05) is 14.2 Å². The number of hydrogen-bond acceptors (Lipinski definition) is 4. The smallest absolute Gasteiger partial charge is 0.428 e. The molecule has 6 nitrogen and oxygen atoms in total. The van der Waals surface area contributed by atoms with Gasteiger partial charge in [-0.05, 0) is 37.5 Å². The average molecular weight is 254 g/mol. The molecule has 0 radical (unpaired) electrons. The Morgan fingerprint density at radius 2 is 1.28 bits per heavy atom. The molecule has 6 heteroatoms. The Bertz CT molecular complexity index is 350. The molecule has 2 amide bonds. The van der Waals surface area contributed by atoms with Crippen LogP contribution in [0.4, 0.5) is 9.59 Å². The van der Waals surface area contributed by atoms with Crippen molar-refractivity contribution < 1.29 is 19.1 Å². The second-order valence-electron chi connectivity index (χ2n) is 5.33.